The molecule has 5 heteroatoms. The molecule has 1 saturated heterocycles. The summed E-state index contributed by atoms with van der Waals surface area (Å²) in [5, 5.41) is 5.72. The number of likely N-dealkylation sites (tertiary alicyclic amines) is 1. The van der Waals surface area contributed by atoms with Gasteiger partial charge in [0.25, 0.3) is 5.91 Å². The van der Waals surface area contributed by atoms with Gasteiger partial charge < -0.3 is 4.90 Å². The van der Waals surface area contributed by atoms with Crippen LogP contribution in [0, 0.1) is 12.8 Å². The summed E-state index contributed by atoms with van der Waals surface area (Å²) >= 11 is 0. The number of benzene rings is 1. The van der Waals surface area contributed by atoms with E-state index in [0.717, 1.165) is 47.5 Å². The van der Waals surface area contributed by atoms with Gasteiger partial charge in [0.1, 0.15) is 0 Å². The number of nitrogens with zero attached hydrogens (tertiary/aromatic N) is 4. The van der Waals surface area contributed by atoms with Crippen molar-refractivity contribution in [3.63, 3.8) is 0 Å². The summed E-state index contributed by atoms with van der Waals surface area (Å²) < 4.78 is 1.97. The molecule has 1 unspecified atom stereocenters. The molecule has 0 bridgehead atoms. The second-order valence-corrected chi connectivity index (χ2v) is 8.79. The first-order valence-electron chi connectivity index (χ1n) is 10.8. The van der Waals surface area contributed by atoms with E-state index in [9.17, 15) is 4.79 Å². The molecule has 150 valence electrons. The van der Waals surface area contributed by atoms with Crippen LogP contribution in [0.4, 0.5) is 0 Å². The van der Waals surface area contributed by atoms with Crippen molar-refractivity contribution in [2.24, 2.45) is 5.92 Å². The standard InChI is InChI=1S/C24H28N4O/c1-16-7-6-12-27(14-16)24(29)20-13-21(19-10-11-19)25-23-22(20)17(2)26-28(23)15-18-8-4-3-5-9-18/h3-5,8-9,13,16,19H,6-7,10-12,14-15H2,1-2H3. The lowest BCUT2D eigenvalue weighted by molar-refractivity contribution is 0.0685. The zero-order chi connectivity index (χ0) is 20.0. The normalized spacial score (nSPS) is 19.7. The number of amides is 1. The monoisotopic (exact) mass is 388 g/mol. The lowest BCUT2D eigenvalue weighted by Gasteiger charge is -2.31. The van der Waals surface area contributed by atoms with E-state index in [1.165, 1.54) is 24.8 Å². The van der Waals surface area contributed by atoms with Gasteiger partial charge in [-0.05, 0) is 50.2 Å². The average molecular weight is 389 g/mol. The molecule has 1 amide bonds. The zero-order valence-corrected chi connectivity index (χ0v) is 17.3. The Hall–Kier alpha value is -2.69. The van der Waals surface area contributed by atoms with Crippen molar-refractivity contribution < 1.29 is 4.79 Å². The highest BCUT2D eigenvalue weighted by Gasteiger charge is 2.31. The van der Waals surface area contributed by atoms with Gasteiger partial charge in [0.05, 0.1) is 23.2 Å². The maximum atomic E-state index is 13.5. The Morgan fingerprint density at radius 3 is 2.69 bits per heavy atom. The van der Waals surface area contributed by atoms with Gasteiger partial charge in [0.15, 0.2) is 5.65 Å². The third kappa shape index (κ3) is 3.54. The van der Waals surface area contributed by atoms with Crippen LogP contribution >= 0.6 is 0 Å². The van der Waals surface area contributed by atoms with Crippen LogP contribution in [0.1, 0.15) is 65.8 Å². The fourth-order valence-corrected chi connectivity index (χ4v) is 4.54. The van der Waals surface area contributed by atoms with Gasteiger partial charge in [-0.3, -0.25) is 4.79 Å². The van der Waals surface area contributed by atoms with Gasteiger partial charge in [-0.2, -0.15) is 5.10 Å². The van der Waals surface area contributed by atoms with Gasteiger partial charge in [0, 0.05) is 24.7 Å². The number of hydrogen-bond donors (Lipinski definition) is 0. The average Bonchev–Trinajstić information content (AvgIpc) is 3.53. The summed E-state index contributed by atoms with van der Waals surface area (Å²) in [6.45, 7) is 6.60. The molecule has 1 aliphatic heterocycles. The van der Waals surface area contributed by atoms with Crippen molar-refractivity contribution in [3.05, 3.63) is 58.9 Å². The lowest BCUT2D eigenvalue weighted by Crippen LogP contribution is -2.39. The van der Waals surface area contributed by atoms with Crippen molar-refractivity contribution in [2.45, 2.75) is 52.0 Å². The SMILES string of the molecule is Cc1nn(Cc2ccccc2)c2nc(C3CC3)cc(C(=O)N3CCCC(C)C3)c12. The van der Waals surface area contributed by atoms with Gasteiger partial charge in [-0.1, -0.05) is 37.3 Å². The number of carbonyl (C=O) groups is 1. The molecule has 5 rings (SSSR count). The van der Waals surface area contributed by atoms with E-state index in [1.54, 1.807) is 0 Å². The van der Waals surface area contributed by atoms with Crippen molar-refractivity contribution in [2.75, 3.05) is 13.1 Å². The zero-order valence-electron chi connectivity index (χ0n) is 17.3. The van der Waals surface area contributed by atoms with Gasteiger partial charge in [-0.15, -0.1) is 0 Å². The fraction of sp³-hybridized carbons (Fsp3) is 0.458. The number of fused-ring (bicyclic) bond motifs is 1. The highest BCUT2D eigenvalue weighted by Crippen LogP contribution is 2.40. The topological polar surface area (TPSA) is 51.0 Å². The predicted molar refractivity (Wildman–Crippen MR) is 114 cm³/mol. The van der Waals surface area contributed by atoms with Gasteiger partial charge in [-0.25, -0.2) is 9.67 Å². The minimum atomic E-state index is 0.146. The second-order valence-electron chi connectivity index (χ2n) is 8.79. The Labute approximate surface area is 171 Å². The van der Waals surface area contributed by atoms with Crippen molar-refractivity contribution in [3.8, 4) is 0 Å². The molecular weight excluding hydrogens is 360 g/mol. The summed E-state index contributed by atoms with van der Waals surface area (Å²) in [5.41, 5.74) is 4.78. The van der Waals surface area contributed by atoms with Gasteiger partial charge >= 0.3 is 0 Å². The molecule has 1 aliphatic carbocycles. The minimum absolute atomic E-state index is 0.146. The van der Waals surface area contributed by atoms with Crippen molar-refractivity contribution in [1.82, 2.24) is 19.7 Å². The number of pyridine rings is 1. The van der Waals surface area contributed by atoms with Crippen LogP contribution in [0.25, 0.3) is 11.0 Å². The molecule has 1 saturated carbocycles. The molecule has 0 N–H and O–H groups in total. The molecule has 2 aromatic heterocycles. The van der Waals surface area contributed by atoms with E-state index in [2.05, 4.69) is 25.1 Å². The highest BCUT2D eigenvalue weighted by atomic mass is 16.2. The number of carbonyl (C=O) groups excluding carboxylic acids is 1. The first-order chi connectivity index (χ1) is 14.1. The van der Waals surface area contributed by atoms with E-state index in [1.807, 2.05) is 34.7 Å². The number of rotatable bonds is 4. The third-order valence-corrected chi connectivity index (χ3v) is 6.24. The quantitative estimate of drug-likeness (QED) is 0.659. The molecule has 2 fully saturated rings. The Balaban J connectivity index is 1.60. The van der Waals surface area contributed by atoms with Crippen LogP contribution in [-0.4, -0.2) is 38.7 Å². The molecule has 1 aromatic carbocycles. The molecule has 0 radical (unpaired) electrons. The van der Waals surface area contributed by atoms with E-state index >= 15 is 0 Å². The van der Waals surface area contributed by atoms with Crippen LogP contribution in [0.5, 0.6) is 0 Å². The number of aromatic nitrogens is 3. The van der Waals surface area contributed by atoms with Crippen LogP contribution < -0.4 is 0 Å². The summed E-state index contributed by atoms with van der Waals surface area (Å²) in [6, 6.07) is 12.4. The Bertz CT molecular complexity index is 1050. The van der Waals surface area contributed by atoms with E-state index in [4.69, 9.17) is 10.1 Å². The van der Waals surface area contributed by atoms with Crippen LogP contribution in [0.3, 0.4) is 0 Å². The summed E-state index contributed by atoms with van der Waals surface area (Å²) in [6.07, 6.45) is 4.62. The van der Waals surface area contributed by atoms with Crippen LogP contribution in [-0.2, 0) is 6.54 Å². The predicted octanol–water partition coefficient (Wildman–Crippen LogP) is 4.54. The molecule has 2 aliphatic rings. The number of piperidine rings is 1. The van der Waals surface area contributed by atoms with E-state index < -0.39 is 0 Å². The van der Waals surface area contributed by atoms with Crippen LogP contribution in [0.15, 0.2) is 36.4 Å². The highest BCUT2D eigenvalue weighted by molar-refractivity contribution is 6.06. The summed E-state index contributed by atoms with van der Waals surface area (Å²) in [4.78, 5) is 20.6. The summed E-state index contributed by atoms with van der Waals surface area (Å²) in [7, 11) is 0. The van der Waals surface area contributed by atoms with Gasteiger partial charge in [0.2, 0.25) is 0 Å². The first-order valence-corrected chi connectivity index (χ1v) is 10.8. The molecule has 1 atom stereocenters. The molecule has 29 heavy (non-hydrogen) atoms. The maximum absolute atomic E-state index is 13.5. The second kappa shape index (κ2) is 7.29. The lowest BCUT2D eigenvalue weighted by atomic mass is 9.98. The molecule has 3 heterocycles. The number of aryl methyl sites for hydroxylation is 1. The Morgan fingerprint density at radius 1 is 1.17 bits per heavy atom. The first kappa shape index (κ1) is 18.3. The Kier molecular flexibility index (Phi) is 4.61. The molecule has 3 aromatic rings. The number of hydrogen-bond acceptors (Lipinski definition) is 3. The maximum Gasteiger partial charge on any atom is 0.254 e. The Morgan fingerprint density at radius 2 is 1.97 bits per heavy atom. The molecule has 5 nitrogen and oxygen atoms in total. The largest absolute Gasteiger partial charge is 0.338 e. The van der Waals surface area contributed by atoms with Crippen LogP contribution in [0.2, 0.25) is 0 Å². The smallest absolute Gasteiger partial charge is 0.254 e. The van der Waals surface area contributed by atoms with E-state index in [-0.39, 0.29) is 5.91 Å². The van der Waals surface area contributed by atoms with E-state index in [0.29, 0.717) is 18.4 Å². The fourth-order valence-electron chi connectivity index (χ4n) is 4.54. The third-order valence-electron chi connectivity index (χ3n) is 6.24. The molecule has 0 spiro atoms. The van der Waals surface area contributed by atoms with Crippen molar-refractivity contribution in [1.29, 1.82) is 0 Å². The van der Waals surface area contributed by atoms with Crippen molar-refractivity contribution >= 4 is 16.9 Å². The summed E-state index contributed by atoms with van der Waals surface area (Å²) in [5.74, 6) is 1.20. The molecular formula is C24H28N4O. The minimum Gasteiger partial charge on any atom is -0.338 e.